The third-order valence-electron chi connectivity index (χ3n) is 12.3. The van der Waals surface area contributed by atoms with Crippen LogP contribution in [0.2, 0.25) is 0 Å². The monoisotopic (exact) mass is 828 g/mol. The molecule has 10 aromatic rings. The van der Waals surface area contributed by atoms with Crippen molar-refractivity contribution in [3.05, 3.63) is 267 Å². The summed E-state index contributed by atoms with van der Waals surface area (Å²) in [5.41, 5.74) is 4.73. The average Bonchev–Trinajstić information content (AvgIpc) is 3.36. The van der Waals surface area contributed by atoms with Crippen LogP contribution < -0.4 is 42.4 Å². The van der Waals surface area contributed by atoms with Crippen LogP contribution in [-0.2, 0) is 0 Å². The van der Waals surface area contributed by atoms with E-state index in [2.05, 4.69) is 256 Å². The maximum Gasteiger partial charge on any atom is 0.144 e. The molecule has 10 rings (SSSR count). The Morgan fingerprint density at radius 1 is 0.274 bits per heavy atom. The average molecular weight is 829 g/mol. The molecule has 0 radical (unpaired) electrons. The first-order valence-electron chi connectivity index (χ1n) is 21.2. The zero-order valence-electron chi connectivity index (χ0n) is 34.6. The van der Waals surface area contributed by atoms with Crippen LogP contribution in [0, 0.1) is 0 Å². The first-order chi connectivity index (χ1) is 30.7. The zero-order chi connectivity index (χ0) is 41.9. The largest absolute Gasteiger partial charge is 0.144 e. The highest BCUT2D eigenvalue weighted by molar-refractivity contribution is 8.02. The Labute approximate surface area is 366 Å². The summed E-state index contributed by atoms with van der Waals surface area (Å²) in [6.07, 6.45) is 3.91. The van der Waals surface area contributed by atoms with Gasteiger partial charge < -0.3 is 0 Å². The Morgan fingerprint density at radius 2 is 0.532 bits per heavy atom. The number of hydrogen-bond acceptors (Lipinski definition) is 0. The standard InChI is InChI=1S/C60H46P2/c1-3-45-35-39-55-47(43-45)37-41-57(61(49-23-11-5-12-24-49,50-25-13-6-14-26-50)51-27-15-7-16-28-51)59(55)60-56-40-36-46(4-2)44-48(56)38-42-58(60)62(52-29-17-8-18-30-52,53-31-19-9-20-32-53)54-33-21-10-22-34-54/h3-44H,1-2H2/q+2. The molecule has 0 atom stereocenters. The lowest BCUT2D eigenvalue weighted by Gasteiger charge is -2.33. The SMILES string of the molecule is C=Cc1ccc2c(-c3c([P+](c4ccccc4)(c4ccccc4)c4ccccc4)ccc4cc(C=C)ccc34)c([P+](c3ccccc3)(c3ccccc3)c3ccccc3)ccc2c1. The van der Waals surface area contributed by atoms with E-state index in [0.717, 1.165) is 11.1 Å². The van der Waals surface area contributed by atoms with Crippen molar-refractivity contribution in [2.24, 2.45) is 0 Å². The summed E-state index contributed by atoms with van der Waals surface area (Å²) >= 11 is 0. The molecule has 0 spiro atoms. The van der Waals surface area contributed by atoms with Crippen LogP contribution in [0.5, 0.6) is 0 Å². The second kappa shape index (κ2) is 16.8. The molecule has 2 heteroatoms. The van der Waals surface area contributed by atoms with E-state index in [1.165, 1.54) is 75.1 Å². The molecular weight excluding hydrogens is 783 g/mol. The molecule has 0 heterocycles. The molecule has 0 aromatic heterocycles. The van der Waals surface area contributed by atoms with Gasteiger partial charge in [-0.15, -0.1) is 0 Å². The summed E-state index contributed by atoms with van der Waals surface area (Å²) in [6.45, 7) is 8.40. The van der Waals surface area contributed by atoms with Gasteiger partial charge in [0.1, 0.15) is 57.0 Å². The van der Waals surface area contributed by atoms with Crippen LogP contribution >= 0.6 is 14.5 Å². The highest BCUT2D eigenvalue weighted by Crippen LogP contribution is 2.60. The van der Waals surface area contributed by atoms with Crippen LogP contribution in [-0.4, -0.2) is 0 Å². The van der Waals surface area contributed by atoms with Gasteiger partial charge in [-0.1, -0.05) is 171 Å². The maximum absolute atomic E-state index is 4.20. The molecule has 0 aliphatic carbocycles. The predicted molar refractivity (Wildman–Crippen MR) is 277 cm³/mol. The van der Waals surface area contributed by atoms with E-state index in [4.69, 9.17) is 0 Å². The number of benzene rings is 10. The second-order valence-corrected chi connectivity index (χ2v) is 22.4. The van der Waals surface area contributed by atoms with E-state index in [9.17, 15) is 0 Å². The molecular formula is C60H46P2+2. The quantitative estimate of drug-likeness (QED) is 0.114. The number of fused-ring (bicyclic) bond motifs is 2. The first kappa shape index (κ1) is 39.2. The fourth-order valence-corrected chi connectivity index (χ4v) is 18.6. The van der Waals surface area contributed by atoms with Crippen molar-refractivity contribution in [1.29, 1.82) is 0 Å². The smallest absolute Gasteiger partial charge is 0.0985 e. The molecule has 0 saturated carbocycles. The lowest BCUT2D eigenvalue weighted by Crippen LogP contribution is -2.41. The lowest BCUT2D eigenvalue weighted by atomic mass is 9.92. The predicted octanol–water partition coefficient (Wildman–Crippen LogP) is 12.2. The van der Waals surface area contributed by atoms with Gasteiger partial charge in [0.15, 0.2) is 0 Å². The highest BCUT2D eigenvalue weighted by Gasteiger charge is 2.53. The molecule has 0 unspecified atom stereocenters. The van der Waals surface area contributed by atoms with Gasteiger partial charge in [-0.3, -0.25) is 0 Å². The normalized spacial score (nSPS) is 11.7. The molecule has 0 aliphatic heterocycles. The van der Waals surface area contributed by atoms with E-state index in [1.54, 1.807) is 0 Å². The Kier molecular flexibility index (Phi) is 10.7. The Balaban J connectivity index is 1.50. The van der Waals surface area contributed by atoms with Gasteiger partial charge in [0.25, 0.3) is 0 Å². The minimum absolute atomic E-state index is 1.10. The summed E-state index contributed by atoms with van der Waals surface area (Å²) < 4.78 is 0. The van der Waals surface area contributed by atoms with Crippen molar-refractivity contribution >= 4 is 90.7 Å². The van der Waals surface area contributed by atoms with E-state index >= 15 is 0 Å². The van der Waals surface area contributed by atoms with Crippen molar-refractivity contribution < 1.29 is 0 Å². The fourth-order valence-electron chi connectivity index (χ4n) is 9.65. The van der Waals surface area contributed by atoms with Gasteiger partial charge in [0, 0.05) is 11.1 Å². The van der Waals surface area contributed by atoms with Gasteiger partial charge in [-0.2, -0.15) is 0 Å². The summed E-state index contributed by atoms with van der Waals surface area (Å²) in [5, 5.41) is 15.3. The van der Waals surface area contributed by atoms with Crippen molar-refractivity contribution in [2.45, 2.75) is 0 Å². The first-order valence-corrected chi connectivity index (χ1v) is 24.8. The third-order valence-corrected chi connectivity index (χ3v) is 21.0. The van der Waals surface area contributed by atoms with Gasteiger partial charge in [-0.25, -0.2) is 0 Å². The van der Waals surface area contributed by atoms with Gasteiger partial charge in [-0.05, 0) is 130 Å². The van der Waals surface area contributed by atoms with Crippen LogP contribution in [0.4, 0.5) is 0 Å². The summed E-state index contributed by atoms with van der Waals surface area (Å²) in [5.74, 6) is 0. The zero-order valence-corrected chi connectivity index (χ0v) is 36.3. The molecule has 0 saturated heterocycles. The molecule has 0 fully saturated rings. The Bertz CT molecular complexity index is 2770. The van der Waals surface area contributed by atoms with E-state index in [1.807, 2.05) is 12.2 Å². The molecule has 0 nitrogen and oxygen atoms in total. The van der Waals surface area contributed by atoms with Crippen LogP contribution in [0.15, 0.2) is 256 Å². The molecule has 0 aliphatic rings. The lowest BCUT2D eigenvalue weighted by molar-refractivity contribution is 1.68. The van der Waals surface area contributed by atoms with Crippen molar-refractivity contribution in [3.63, 3.8) is 0 Å². The highest BCUT2D eigenvalue weighted by atomic mass is 31.2. The maximum atomic E-state index is 4.20. The minimum Gasteiger partial charge on any atom is -0.0985 e. The molecule has 0 N–H and O–H groups in total. The number of rotatable bonds is 11. The van der Waals surface area contributed by atoms with Crippen LogP contribution in [0.25, 0.3) is 44.8 Å². The summed E-state index contributed by atoms with van der Waals surface area (Å²) in [6, 6.07) is 91.2. The minimum atomic E-state index is -2.64. The fraction of sp³-hybridized carbons (Fsp3) is 0. The second-order valence-electron chi connectivity index (χ2n) is 15.6. The van der Waals surface area contributed by atoms with E-state index < -0.39 is 14.5 Å². The van der Waals surface area contributed by atoms with E-state index in [-0.39, 0.29) is 0 Å². The molecule has 10 aromatic carbocycles. The van der Waals surface area contributed by atoms with Crippen molar-refractivity contribution in [1.82, 2.24) is 0 Å². The summed E-state index contributed by atoms with van der Waals surface area (Å²) in [7, 11) is -5.27. The third kappa shape index (κ3) is 6.47. The Morgan fingerprint density at radius 3 is 0.774 bits per heavy atom. The van der Waals surface area contributed by atoms with Gasteiger partial charge in [0.2, 0.25) is 0 Å². The van der Waals surface area contributed by atoms with Crippen molar-refractivity contribution in [3.8, 4) is 11.1 Å². The van der Waals surface area contributed by atoms with Gasteiger partial charge in [0.05, 0.1) is 0 Å². The molecule has 0 bridgehead atoms. The van der Waals surface area contributed by atoms with Crippen LogP contribution in [0.3, 0.4) is 0 Å². The Hall–Kier alpha value is -6.94. The topological polar surface area (TPSA) is 0 Å². The molecule has 0 amide bonds. The number of hydrogen-bond donors (Lipinski definition) is 0. The van der Waals surface area contributed by atoms with E-state index in [0.29, 0.717) is 0 Å². The van der Waals surface area contributed by atoms with Crippen molar-refractivity contribution in [2.75, 3.05) is 0 Å². The molecule has 294 valence electrons. The summed E-state index contributed by atoms with van der Waals surface area (Å²) in [4.78, 5) is 0. The molecule has 62 heavy (non-hydrogen) atoms. The van der Waals surface area contributed by atoms with Crippen LogP contribution in [0.1, 0.15) is 11.1 Å². The van der Waals surface area contributed by atoms with Gasteiger partial charge >= 0.3 is 0 Å².